The van der Waals surface area contributed by atoms with E-state index in [-0.39, 0.29) is 11.4 Å². The quantitative estimate of drug-likeness (QED) is 0.771. The van der Waals surface area contributed by atoms with Gasteiger partial charge in [-0.3, -0.25) is 9.36 Å². The summed E-state index contributed by atoms with van der Waals surface area (Å²) in [7, 11) is 1.57. The number of aromatic nitrogens is 2. The van der Waals surface area contributed by atoms with Gasteiger partial charge < -0.3 is 10.1 Å². The predicted molar refractivity (Wildman–Crippen MR) is 95.2 cm³/mol. The monoisotopic (exact) mass is 341 g/mol. The lowest BCUT2D eigenvalue weighted by atomic mass is 10.2. The van der Waals surface area contributed by atoms with Gasteiger partial charge in [0.15, 0.2) is 5.82 Å². The third-order valence-electron chi connectivity index (χ3n) is 3.59. The van der Waals surface area contributed by atoms with Gasteiger partial charge in [0.1, 0.15) is 5.75 Å². The minimum atomic E-state index is -0.256. The Labute approximate surface area is 144 Å². The fourth-order valence-corrected chi connectivity index (χ4v) is 2.57. The van der Waals surface area contributed by atoms with Crippen molar-refractivity contribution in [2.45, 2.75) is 6.54 Å². The fourth-order valence-electron chi connectivity index (χ4n) is 2.37. The van der Waals surface area contributed by atoms with Crippen molar-refractivity contribution in [3.05, 3.63) is 81.9 Å². The Morgan fingerprint density at radius 1 is 1.17 bits per heavy atom. The van der Waals surface area contributed by atoms with Gasteiger partial charge in [-0.25, -0.2) is 4.98 Å². The second kappa shape index (κ2) is 7.19. The van der Waals surface area contributed by atoms with Crippen molar-refractivity contribution in [2.75, 3.05) is 12.4 Å². The number of benzene rings is 2. The van der Waals surface area contributed by atoms with Crippen LogP contribution in [0.5, 0.6) is 5.75 Å². The van der Waals surface area contributed by atoms with Crippen LogP contribution < -0.4 is 15.6 Å². The van der Waals surface area contributed by atoms with Crippen molar-refractivity contribution in [3.8, 4) is 11.4 Å². The highest BCUT2D eigenvalue weighted by atomic mass is 35.5. The Morgan fingerprint density at radius 3 is 2.71 bits per heavy atom. The van der Waals surface area contributed by atoms with E-state index in [9.17, 15) is 4.79 Å². The Hall–Kier alpha value is -2.79. The number of methoxy groups -OCH3 is 1. The molecule has 0 aliphatic carbocycles. The summed E-state index contributed by atoms with van der Waals surface area (Å²) in [5, 5.41) is 3.69. The first-order valence-electron chi connectivity index (χ1n) is 7.39. The lowest BCUT2D eigenvalue weighted by molar-refractivity contribution is 0.412. The van der Waals surface area contributed by atoms with Crippen LogP contribution in [0, 0.1) is 0 Å². The molecule has 0 saturated carbocycles. The number of hydrogen-bond donors (Lipinski definition) is 1. The van der Waals surface area contributed by atoms with Crippen LogP contribution in [-0.2, 0) is 6.54 Å². The van der Waals surface area contributed by atoms with Crippen molar-refractivity contribution >= 4 is 17.4 Å². The molecule has 0 saturated heterocycles. The second-order valence-corrected chi connectivity index (χ2v) is 5.48. The lowest BCUT2D eigenvalue weighted by Crippen LogP contribution is -2.23. The number of ether oxygens (including phenoxy) is 1. The summed E-state index contributed by atoms with van der Waals surface area (Å²) in [4.78, 5) is 16.8. The van der Waals surface area contributed by atoms with Crippen LogP contribution in [0.15, 0.2) is 65.7 Å². The molecule has 1 aromatic heterocycles. The Balaban J connectivity index is 1.92. The van der Waals surface area contributed by atoms with Crippen LogP contribution >= 0.6 is 11.6 Å². The van der Waals surface area contributed by atoms with Crippen LogP contribution in [0.4, 0.5) is 5.82 Å². The van der Waals surface area contributed by atoms with Crippen molar-refractivity contribution in [3.63, 3.8) is 0 Å². The van der Waals surface area contributed by atoms with E-state index in [2.05, 4.69) is 10.3 Å². The van der Waals surface area contributed by atoms with Crippen LogP contribution in [0.1, 0.15) is 5.56 Å². The molecule has 122 valence electrons. The van der Waals surface area contributed by atoms with E-state index in [1.807, 2.05) is 42.5 Å². The Bertz CT molecular complexity index is 909. The molecule has 3 rings (SSSR count). The number of hydrogen-bond acceptors (Lipinski definition) is 4. The smallest absolute Gasteiger partial charge is 0.297 e. The molecule has 0 radical (unpaired) electrons. The molecule has 0 fully saturated rings. The van der Waals surface area contributed by atoms with Gasteiger partial charge in [-0.05, 0) is 23.8 Å². The third-order valence-corrected chi connectivity index (χ3v) is 3.96. The number of para-hydroxylation sites is 2. The first-order valence-corrected chi connectivity index (χ1v) is 7.77. The van der Waals surface area contributed by atoms with Gasteiger partial charge in [-0.2, -0.15) is 0 Å². The summed E-state index contributed by atoms with van der Waals surface area (Å²) < 4.78 is 6.82. The van der Waals surface area contributed by atoms with E-state index in [1.54, 1.807) is 25.6 Å². The number of nitrogens with one attached hydrogen (secondary N) is 1. The normalized spacial score (nSPS) is 10.4. The zero-order valence-corrected chi connectivity index (χ0v) is 13.8. The minimum Gasteiger partial charge on any atom is -0.495 e. The summed E-state index contributed by atoms with van der Waals surface area (Å²) in [6.45, 7) is 0.415. The summed E-state index contributed by atoms with van der Waals surface area (Å²) >= 11 is 6.14. The van der Waals surface area contributed by atoms with E-state index in [4.69, 9.17) is 16.3 Å². The number of rotatable bonds is 5. The first-order chi connectivity index (χ1) is 11.7. The standard InChI is InChI=1S/C18H16ClN3O2/c1-24-16-9-5-4-8-15(16)22-11-10-20-17(18(22)23)21-12-13-6-2-3-7-14(13)19/h2-11H,12H2,1H3,(H,20,21). The number of nitrogens with zero attached hydrogens (tertiary/aromatic N) is 2. The largest absolute Gasteiger partial charge is 0.495 e. The molecule has 3 aromatic rings. The van der Waals surface area contributed by atoms with Gasteiger partial charge in [-0.15, -0.1) is 0 Å². The van der Waals surface area contributed by atoms with Crippen molar-refractivity contribution < 1.29 is 4.74 Å². The Morgan fingerprint density at radius 2 is 1.92 bits per heavy atom. The molecule has 0 aliphatic heterocycles. The predicted octanol–water partition coefficient (Wildman–Crippen LogP) is 3.51. The van der Waals surface area contributed by atoms with E-state index in [1.165, 1.54) is 4.57 Å². The molecule has 0 bridgehead atoms. The highest BCUT2D eigenvalue weighted by Crippen LogP contribution is 2.21. The molecular formula is C18H16ClN3O2. The summed E-state index contributed by atoms with van der Waals surface area (Å²) in [6, 6.07) is 14.8. The minimum absolute atomic E-state index is 0.253. The molecule has 2 aromatic carbocycles. The van der Waals surface area contributed by atoms with Crippen LogP contribution in [0.25, 0.3) is 5.69 Å². The topological polar surface area (TPSA) is 56.1 Å². The summed E-state index contributed by atoms with van der Waals surface area (Å²) in [5.41, 5.74) is 1.30. The molecule has 0 atom stereocenters. The molecule has 1 N–H and O–H groups in total. The molecular weight excluding hydrogens is 326 g/mol. The van der Waals surface area contributed by atoms with Crippen LogP contribution in [0.2, 0.25) is 5.02 Å². The number of halogens is 1. The molecule has 0 aliphatic rings. The zero-order chi connectivity index (χ0) is 16.9. The van der Waals surface area contributed by atoms with Crippen LogP contribution in [-0.4, -0.2) is 16.7 Å². The molecule has 0 amide bonds. The molecule has 0 spiro atoms. The van der Waals surface area contributed by atoms with E-state index < -0.39 is 0 Å². The van der Waals surface area contributed by atoms with Gasteiger partial charge in [0.05, 0.1) is 12.8 Å². The van der Waals surface area contributed by atoms with E-state index >= 15 is 0 Å². The second-order valence-electron chi connectivity index (χ2n) is 5.07. The lowest BCUT2D eigenvalue weighted by Gasteiger charge is -2.12. The number of anilines is 1. The zero-order valence-electron chi connectivity index (χ0n) is 13.1. The fraction of sp³-hybridized carbons (Fsp3) is 0.111. The molecule has 24 heavy (non-hydrogen) atoms. The average Bonchev–Trinajstić information content (AvgIpc) is 2.62. The maximum absolute atomic E-state index is 12.7. The summed E-state index contributed by atoms with van der Waals surface area (Å²) in [6.07, 6.45) is 3.18. The highest BCUT2D eigenvalue weighted by Gasteiger charge is 2.10. The molecule has 1 heterocycles. The highest BCUT2D eigenvalue weighted by molar-refractivity contribution is 6.31. The van der Waals surface area contributed by atoms with Gasteiger partial charge >= 0.3 is 0 Å². The van der Waals surface area contributed by atoms with E-state index in [0.29, 0.717) is 23.0 Å². The first kappa shape index (κ1) is 16.1. The Kier molecular flexibility index (Phi) is 4.82. The van der Waals surface area contributed by atoms with Gasteiger partial charge in [-0.1, -0.05) is 41.9 Å². The van der Waals surface area contributed by atoms with Crippen molar-refractivity contribution in [1.82, 2.24) is 9.55 Å². The van der Waals surface area contributed by atoms with E-state index in [0.717, 1.165) is 5.56 Å². The maximum atomic E-state index is 12.7. The van der Waals surface area contributed by atoms with Crippen LogP contribution in [0.3, 0.4) is 0 Å². The maximum Gasteiger partial charge on any atom is 0.297 e. The van der Waals surface area contributed by atoms with Crippen molar-refractivity contribution in [2.24, 2.45) is 0 Å². The average molecular weight is 342 g/mol. The molecule has 6 heteroatoms. The SMILES string of the molecule is COc1ccccc1-n1ccnc(NCc2ccccc2Cl)c1=O. The van der Waals surface area contributed by atoms with Gasteiger partial charge in [0, 0.05) is 24.0 Å². The summed E-state index contributed by atoms with van der Waals surface area (Å²) in [5.74, 6) is 0.867. The molecule has 0 unspecified atom stereocenters. The van der Waals surface area contributed by atoms with Gasteiger partial charge in [0.25, 0.3) is 5.56 Å². The molecule has 5 nitrogen and oxygen atoms in total. The van der Waals surface area contributed by atoms with Crippen molar-refractivity contribution in [1.29, 1.82) is 0 Å². The third kappa shape index (κ3) is 3.26. The van der Waals surface area contributed by atoms with Gasteiger partial charge in [0.2, 0.25) is 0 Å².